The van der Waals surface area contributed by atoms with Crippen molar-refractivity contribution in [2.75, 3.05) is 0 Å². The molecule has 0 spiro atoms. The molecular formula is C44H25N3O. The Morgan fingerprint density at radius 2 is 0.958 bits per heavy atom. The van der Waals surface area contributed by atoms with Crippen LogP contribution in [0.5, 0.6) is 0 Å². The van der Waals surface area contributed by atoms with Gasteiger partial charge in [-0.1, -0.05) is 103 Å². The van der Waals surface area contributed by atoms with Crippen molar-refractivity contribution in [2.45, 2.75) is 0 Å². The van der Waals surface area contributed by atoms with E-state index < -0.39 is 0 Å². The lowest BCUT2D eigenvalue weighted by molar-refractivity contribution is 0.667. The number of rotatable bonds is 4. The van der Waals surface area contributed by atoms with Gasteiger partial charge >= 0.3 is 0 Å². The quantitative estimate of drug-likeness (QED) is 0.199. The summed E-state index contributed by atoms with van der Waals surface area (Å²) in [4.78, 5) is 0. The Kier molecular flexibility index (Phi) is 6.22. The van der Waals surface area contributed by atoms with E-state index in [-0.39, 0.29) is 0 Å². The maximum absolute atomic E-state index is 9.65. The molecule has 0 aliphatic heterocycles. The van der Waals surface area contributed by atoms with E-state index in [1.807, 2.05) is 36.4 Å². The summed E-state index contributed by atoms with van der Waals surface area (Å²) in [6.07, 6.45) is 0. The van der Waals surface area contributed by atoms with Crippen LogP contribution in [0, 0.1) is 22.7 Å². The average Bonchev–Trinajstić information content (AvgIpc) is 3.70. The maximum Gasteiger partial charge on any atom is 0.159 e. The van der Waals surface area contributed by atoms with Gasteiger partial charge in [0.2, 0.25) is 0 Å². The fourth-order valence-corrected chi connectivity index (χ4v) is 7.02. The van der Waals surface area contributed by atoms with E-state index in [1.165, 1.54) is 11.1 Å². The van der Waals surface area contributed by atoms with Crippen LogP contribution in [0.25, 0.3) is 82.8 Å². The van der Waals surface area contributed by atoms with Gasteiger partial charge in [0.15, 0.2) is 5.58 Å². The molecule has 222 valence electrons. The molecule has 0 radical (unpaired) electrons. The molecule has 2 heterocycles. The van der Waals surface area contributed by atoms with Gasteiger partial charge in [0.25, 0.3) is 0 Å². The summed E-state index contributed by atoms with van der Waals surface area (Å²) in [5.41, 5.74) is 11.8. The molecule has 7 aromatic carbocycles. The first-order chi connectivity index (χ1) is 23.7. The van der Waals surface area contributed by atoms with Crippen molar-refractivity contribution in [3.8, 4) is 51.2 Å². The second kappa shape index (κ2) is 10.9. The van der Waals surface area contributed by atoms with Gasteiger partial charge in [0.1, 0.15) is 5.58 Å². The number of hydrogen-bond acceptors (Lipinski definition) is 3. The van der Waals surface area contributed by atoms with Crippen LogP contribution in [0.15, 0.2) is 156 Å². The average molecular weight is 612 g/mol. The van der Waals surface area contributed by atoms with Gasteiger partial charge < -0.3 is 8.98 Å². The number of furan rings is 1. The molecule has 0 saturated carbocycles. The third-order valence-electron chi connectivity index (χ3n) is 9.23. The molecule has 0 bridgehead atoms. The highest BCUT2D eigenvalue weighted by atomic mass is 16.3. The first kappa shape index (κ1) is 27.4. The Morgan fingerprint density at radius 1 is 0.417 bits per heavy atom. The summed E-state index contributed by atoms with van der Waals surface area (Å²) >= 11 is 0. The van der Waals surface area contributed by atoms with Gasteiger partial charge in [-0.3, -0.25) is 0 Å². The zero-order chi connectivity index (χ0) is 32.2. The molecular weight excluding hydrogens is 587 g/mol. The molecule has 4 nitrogen and oxygen atoms in total. The Hall–Kier alpha value is -6.88. The van der Waals surface area contributed by atoms with Crippen LogP contribution in [0.2, 0.25) is 0 Å². The molecule has 0 aliphatic rings. The van der Waals surface area contributed by atoms with E-state index in [0.29, 0.717) is 11.1 Å². The van der Waals surface area contributed by atoms with E-state index >= 15 is 0 Å². The number of hydrogen-bond donors (Lipinski definition) is 0. The molecule has 9 rings (SSSR count). The minimum atomic E-state index is 0.438. The maximum atomic E-state index is 9.65. The van der Waals surface area contributed by atoms with Crippen molar-refractivity contribution < 1.29 is 4.42 Å². The van der Waals surface area contributed by atoms with Gasteiger partial charge in [0, 0.05) is 27.1 Å². The lowest BCUT2D eigenvalue weighted by Crippen LogP contribution is -1.94. The number of nitrogens with zero attached hydrogens (tertiary/aromatic N) is 3. The number of fused-ring (bicyclic) bond motifs is 6. The predicted octanol–water partition coefficient (Wildman–Crippen LogP) is 11.4. The number of nitriles is 2. The summed E-state index contributed by atoms with van der Waals surface area (Å²) in [6.45, 7) is 0. The Balaban J connectivity index is 1.33. The predicted molar refractivity (Wildman–Crippen MR) is 194 cm³/mol. The topological polar surface area (TPSA) is 65.7 Å². The molecule has 0 unspecified atom stereocenters. The number of para-hydroxylation sites is 2. The fourth-order valence-electron chi connectivity index (χ4n) is 7.02. The van der Waals surface area contributed by atoms with Crippen LogP contribution < -0.4 is 0 Å². The largest absolute Gasteiger partial charge is 0.453 e. The highest BCUT2D eigenvalue weighted by molar-refractivity contribution is 6.15. The lowest BCUT2D eigenvalue weighted by atomic mass is 9.98. The summed E-state index contributed by atoms with van der Waals surface area (Å²) in [6, 6.07) is 56.3. The molecule has 0 atom stereocenters. The van der Waals surface area contributed by atoms with Crippen molar-refractivity contribution in [2.24, 2.45) is 0 Å². The van der Waals surface area contributed by atoms with Crippen molar-refractivity contribution in [1.29, 1.82) is 10.5 Å². The second-order valence-electron chi connectivity index (χ2n) is 12.0. The third kappa shape index (κ3) is 4.29. The number of benzene rings is 7. The normalized spacial score (nSPS) is 11.3. The molecule has 48 heavy (non-hydrogen) atoms. The molecule has 0 N–H and O–H groups in total. The van der Waals surface area contributed by atoms with Crippen molar-refractivity contribution in [3.05, 3.63) is 163 Å². The van der Waals surface area contributed by atoms with E-state index in [1.54, 1.807) is 6.07 Å². The first-order valence-electron chi connectivity index (χ1n) is 15.8. The van der Waals surface area contributed by atoms with Crippen molar-refractivity contribution in [3.63, 3.8) is 0 Å². The van der Waals surface area contributed by atoms with Crippen LogP contribution in [-0.2, 0) is 0 Å². The van der Waals surface area contributed by atoms with Gasteiger partial charge in [-0.15, -0.1) is 0 Å². The SMILES string of the molecule is N#Cc1cc(C#N)cc(-c2cccc3c2oc2c(-n4c5ccc(-c6ccccc6)cc5c5cc(-c6ccccc6)ccc54)cccc23)c1. The van der Waals surface area contributed by atoms with Crippen LogP contribution in [0.1, 0.15) is 11.1 Å². The van der Waals surface area contributed by atoms with Crippen LogP contribution >= 0.6 is 0 Å². The summed E-state index contributed by atoms with van der Waals surface area (Å²) in [5.74, 6) is 0. The molecule has 2 aromatic heterocycles. The smallest absolute Gasteiger partial charge is 0.159 e. The Labute approximate surface area is 276 Å². The minimum absolute atomic E-state index is 0.438. The molecule has 0 amide bonds. The van der Waals surface area contributed by atoms with Crippen molar-refractivity contribution in [1.82, 2.24) is 4.57 Å². The summed E-state index contributed by atoms with van der Waals surface area (Å²) in [5, 5.41) is 23.6. The molecule has 0 saturated heterocycles. The summed E-state index contributed by atoms with van der Waals surface area (Å²) in [7, 11) is 0. The molecule has 9 aromatic rings. The van der Waals surface area contributed by atoms with Crippen LogP contribution in [0.3, 0.4) is 0 Å². The van der Waals surface area contributed by atoms with Crippen LogP contribution in [0.4, 0.5) is 0 Å². The zero-order valence-corrected chi connectivity index (χ0v) is 25.7. The minimum Gasteiger partial charge on any atom is -0.453 e. The fraction of sp³-hybridized carbons (Fsp3) is 0. The monoisotopic (exact) mass is 611 g/mol. The highest BCUT2D eigenvalue weighted by Gasteiger charge is 2.20. The summed E-state index contributed by atoms with van der Waals surface area (Å²) < 4.78 is 9.15. The van der Waals surface area contributed by atoms with Gasteiger partial charge in [0.05, 0.1) is 40.0 Å². The van der Waals surface area contributed by atoms with Crippen LogP contribution in [-0.4, -0.2) is 4.57 Å². The second-order valence-corrected chi connectivity index (χ2v) is 12.0. The van der Waals surface area contributed by atoms with Gasteiger partial charge in [-0.2, -0.15) is 10.5 Å². The zero-order valence-electron chi connectivity index (χ0n) is 25.7. The number of aromatic nitrogens is 1. The Morgan fingerprint density at radius 3 is 1.52 bits per heavy atom. The molecule has 0 fully saturated rings. The van der Waals surface area contributed by atoms with E-state index in [9.17, 15) is 10.5 Å². The Bertz CT molecular complexity index is 2660. The standard InChI is InChI=1S/C44H25N3O/c45-26-28-21-29(27-46)23-34(22-28)35-13-7-14-36-37-15-8-16-42(44(37)48-43(35)36)47-40-19-17-32(30-9-3-1-4-10-30)24-38(40)39-25-33(18-20-41(39)47)31-11-5-2-6-12-31/h1-25H. The lowest BCUT2D eigenvalue weighted by Gasteiger charge is -2.09. The van der Waals surface area contributed by atoms with E-state index in [0.717, 1.165) is 71.7 Å². The van der Waals surface area contributed by atoms with Gasteiger partial charge in [-0.25, -0.2) is 0 Å². The first-order valence-corrected chi connectivity index (χ1v) is 15.8. The van der Waals surface area contributed by atoms with E-state index in [2.05, 4.69) is 126 Å². The van der Waals surface area contributed by atoms with Gasteiger partial charge in [-0.05, 0) is 76.3 Å². The third-order valence-corrected chi connectivity index (χ3v) is 9.23. The van der Waals surface area contributed by atoms with Crippen molar-refractivity contribution >= 4 is 43.7 Å². The molecule has 0 aliphatic carbocycles. The van der Waals surface area contributed by atoms with E-state index in [4.69, 9.17) is 4.42 Å². The molecule has 4 heteroatoms. The highest BCUT2D eigenvalue weighted by Crippen LogP contribution is 2.42.